The first-order valence-corrected chi connectivity index (χ1v) is 5.65. The lowest BCUT2D eigenvalue weighted by Crippen LogP contribution is -2.54. The lowest BCUT2D eigenvalue weighted by Gasteiger charge is -2.36. The molecular formula is C6H14N2O3S. The molecule has 0 aromatic carbocycles. The number of hydrogen-bond donors (Lipinski definition) is 1. The molecule has 1 heterocycles. The van der Waals surface area contributed by atoms with E-state index in [1.165, 1.54) is 10.6 Å². The fourth-order valence-electron chi connectivity index (χ4n) is 1.01. The summed E-state index contributed by atoms with van der Waals surface area (Å²) in [5, 5.41) is 0. The predicted molar refractivity (Wildman–Crippen MR) is 45.2 cm³/mol. The molecule has 1 fully saturated rings. The maximum atomic E-state index is 10.9. The van der Waals surface area contributed by atoms with Gasteiger partial charge in [-0.1, -0.05) is 0 Å². The Morgan fingerprint density at radius 1 is 1.58 bits per heavy atom. The molecule has 0 aromatic heterocycles. The number of nitrogens with two attached hydrogens (primary N) is 1. The first kappa shape index (κ1) is 9.91. The number of nitrogens with zero attached hydrogens (tertiary/aromatic N) is 1. The third kappa shape index (κ3) is 2.41. The van der Waals surface area contributed by atoms with Crippen molar-refractivity contribution in [2.24, 2.45) is 5.73 Å². The molecule has 12 heavy (non-hydrogen) atoms. The maximum Gasteiger partial charge on any atom is 0.211 e. The van der Waals surface area contributed by atoms with Gasteiger partial charge in [0.25, 0.3) is 0 Å². The summed E-state index contributed by atoms with van der Waals surface area (Å²) in [7, 11) is -3.00. The van der Waals surface area contributed by atoms with Gasteiger partial charge < -0.3 is 10.5 Å². The van der Waals surface area contributed by atoms with Gasteiger partial charge in [-0.15, -0.1) is 0 Å². The molecule has 0 radical (unpaired) electrons. The van der Waals surface area contributed by atoms with E-state index in [1.54, 1.807) is 0 Å². The third-order valence-corrected chi connectivity index (χ3v) is 2.99. The Balaban J connectivity index is 2.20. The van der Waals surface area contributed by atoms with Crippen molar-refractivity contribution in [3.05, 3.63) is 0 Å². The van der Waals surface area contributed by atoms with Crippen LogP contribution >= 0.6 is 0 Å². The molecular weight excluding hydrogens is 180 g/mol. The summed E-state index contributed by atoms with van der Waals surface area (Å²) < 4.78 is 28.4. The average Bonchev–Trinajstić information content (AvgIpc) is 1.81. The predicted octanol–water partition coefficient (Wildman–Crippen LogP) is -1.39. The lowest BCUT2D eigenvalue weighted by molar-refractivity contribution is -0.0158. The van der Waals surface area contributed by atoms with E-state index < -0.39 is 10.0 Å². The van der Waals surface area contributed by atoms with Crippen molar-refractivity contribution in [1.29, 1.82) is 0 Å². The molecule has 0 atom stereocenters. The molecule has 6 heteroatoms. The summed E-state index contributed by atoms with van der Waals surface area (Å²) in [4.78, 5) is 0. The Kier molecular flexibility index (Phi) is 3.05. The molecule has 0 aliphatic carbocycles. The standard InChI is InChI=1S/C6H14N2O3S/c1-12(9,10)8-4-6(5-8)11-3-2-7/h6H,2-5,7H2,1H3. The molecule has 0 amide bonds. The molecule has 0 saturated carbocycles. The molecule has 0 aromatic rings. The number of rotatable bonds is 4. The smallest absolute Gasteiger partial charge is 0.211 e. The molecule has 1 saturated heterocycles. The van der Waals surface area contributed by atoms with Crippen LogP contribution < -0.4 is 5.73 Å². The van der Waals surface area contributed by atoms with E-state index in [0.29, 0.717) is 26.2 Å². The minimum Gasteiger partial charge on any atom is -0.374 e. The summed E-state index contributed by atoms with van der Waals surface area (Å²) in [6.07, 6.45) is 1.25. The van der Waals surface area contributed by atoms with Crippen LogP contribution in [-0.4, -0.2) is 51.3 Å². The quantitative estimate of drug-likeness (QED) is 0.598. The minimum atomic E-state index is -3.00. The molecule has 72 valence electrons. The molecule has 0 bridgehead atoms. The van der Waals surface area contributed by atoms with Crippen LogP contribution in [0.1, 0.15) is 0 Å². The van der Waals surface area contributed by atoms with Crippen molar-refractivity contribution in [1.82, 2.24) is 4.31 Å². The Labute approximate surface area is 72.5 Å². The van der Waals surface area contributed by atoms with Crippen molar-refractivity contribution >= 4 is 10.0 Å². The van der Waals surface area contributed by atoms with Crippen molar-refractivity contribution in [3.8, 4) is 0 Å². The van der Waals surface area contributed by atoms with Gasteiger partial charge in [0, 0.05) is 19.6 Å². The number of ether oxygens (including phenoxy) is 1. The van der Waals surface area contributed by atoms with Gasteiger partial charge in [-0.05, 0) is 0 Å². The average molecular weight is 194 g/mol. The second-order valence-corrected chi connectivity index (χ2v) is 4.84. The topological polar surface area (TPSA) is 72.6 Å². The van der Waals surface area contributed by atoms with Gasteiger partial charge in [-0.3, -0.25) is 0 Å². The van der Waals surface area contributed by atoms with Crippen molar-refractivity contribution in [3.63, 3.8) is 0 Å². The zero-order valence-corrected chi connectivity index (χ0v) is 7.88. The van der Waals surface area contributed by atoms with Gasteiger partial charge in [-0.25, -0.2) is 8.42 Å². The van der Waals surface area contributed by atoms with Crippen LogP contribution in [0.25, 0.3) is 0 Å². The summed E-state index contributed by atoms with van der Waals surface area (Å²) in [5.74, 6) is 0. The highest BCUT2D eigenvalue weighted by Gasteiger charge is 2.33. The zero-order valence-electron chi connectivity index (χ0n) is 7.06. The van der Waals surface area contributed by atoms with Crippen LogP contribution in [0, 0.1) is 0 Å². The van der Waals surface area contributed by atoms with Gasteiger partial charge in [0.2, 0.25) is 10.0 Å². The van der Waals surface area contributed by atoms with Crippen LogP contribution in [-0.2, 0) is 14.8 Å². The van der Waals surface area contributed by atoms with Crippen molar-refractivity contribution in [2.75, 3.05) is 32.5 Å². The van der Waals surface area contributed by atoms with Crippen molar-refractivity contribution in [2.45, 2.75) is 6.10 Å². The van der Waals surface area contributed by atoms with Crippen molar-refractivity contribution < 1.29 is 13.2 Å². The second-order valence-electron chi connectivity index (χ2n) is 2.86. The van der Waals surface area contributed by atoms with Gasteiger partial charge in [-0.2, -0.15) is 4.31 Å². The Morgan fingerprint density at radius 2 is 2.17 bits per heavy atom. The summed E-state index contributed by atoms with van der Waals surface area (Å²) >= 11 is 0. The highest BCUT2D eigenvalue weighted by atomic mass is 32.2. The number of hydrogen-bond acceptors (Lipinski definition) is 4. The van der Waals surface area contributed by atoms with Gasteiger partial charge in [0.15, 0.2) is 0 Å². The first-order valence-electron chi connectivity index (χ1n) is 3.81. The fourth-order valence-corrected chi connectivity index (χ4v) is 1.89. The SMILES string of the molecule is CS(=O)(=O)N1CC(OCCN)C1. The highest BCUT2D eigenvalue weighted by molar-refractivity contribution is 7.88. The Bertz CT molecular complexity index is 233. The van der Waals surface area contributed by atoms with E-state index >= 15 is 0 Å². The number of sulfonamides is 1. The molecule has 0 spiro atoms. The van der Waals surface area contributed by atoms with Crippen LogP contribution in [0.2, 0.25) is 0 Å². The van der Waals surface area contributed by atoms with E-state index in [9.17, 15) is 8.42 Å². The van der Waals surface area contributed by atoms with Crippen LogP contribution in [0.5, 0.6) is 0 Å². The van der Waals surface area contributed by atoms with E-state index in [2.05, 4.69) is 0 Å². The van der Waals surface area contributed by atoms with E-state index in [1.807, 2.05) is 0 Å². The summed E-state index contributed by atoms with van der Waals surface area (Å²) in [6, 6.07) is 0. The molecule has 1 rings (SSSR count). The van der Waals surface area contributed by atoms with E-state index in [-0.39, 0.29) is 6.10 Å². The van der Waals surface area contributed by atoms with Crippen LogP contribution in [0.4, 0.5) is 0 Å². The highest BCUT2D eigenvalue weighted by Crippen LogP contribution is 2.14. The van der Waals surface area contributed by atoms with E-state index in [0.717, 1.165) is 0 Å². The zero-order chi connectivity index (χ0) is 9.19. The third-order valence-electron chi connectivity index (χ3n) is 1.75. The largest absolute Gasteiger partial charge is 0.374 e. The van der Waals surface area contributed by atoms with Gasteiger partial charge >= 0.3 is 0 Å². The van der Waals surface area contributed by atoms with Gasteiger partial charge in [0.1, 0.15) is 0 Å². The molecule has 0 unspecified atom stereocenters. The Hall–Kier alpha value is -0.170. The Morgan fingerprint density at radius 3 is 2.58 bits per heavy atom. The first-order chi connectivity index (χ1) is 5.54. The fraction of sp³-hybridized carbons (Fsp3) is 1.00. The monoisotopic (exact) mass is 194 g/mol. The van der Waals surface area contributed by atoms with Crippen LogP contribution in [0.3, 0.4) is 0 Å². The van der Waals surface area contributed by atoms with E-state index in [4.69, 9.17) is 10.5 Å². The van der Waals surface area contributed by atoms with Crippen LogP contribution in [0.15, 0.2) is 0 Å². The normalized spacial score (nSPS) is 20.8. The molecule has 1 aliphatic rings. The molecule has 5 nitrogen and oxygen atoms in total. The maximum absolute atomic E-state index is 10.9. The summed E-state index contributed by atoms with van der Waals surface area (Å²) in [6.45, 7) is 1.93. The minimum absolute atomic E-state index is 0.0447. The second kappa shape index (κ2) is 3.69. The molecule has 2 N–H and O–H groups in total. The molecule has 1 aliphatic heterocycles. The van der Waals surface area contributed by atoms with Gasteiger partial charge in [0.05, 0.1) is 19.0 Å². The summed E-state index contributed by atoms with van der Waals surface area (Å²) in [5.41, 5.74) is 5.22. The lowest BCUT2D eigenvalue weighted by atomic mass is 10.2.